The minimum Gasteiger partial charge on any atom is -0.497 e. The highest BCUT2D eigenvalue weighted by molar-refractivity contribution is 7.15. The van der Waals surface area contributed by atoms with Crippen LogP contribution in [0.2, 0.25) is 0 Å². The predicted octanol–water partition coefficient (Wildman–Crippen LogP) is 3.03. The average Bonchev–Trinajstić information content (AvgIpc) is 3.38. The van der Waals surface area contributed by atoms with Gasteiger partial charge in [0.05, 0.1) is 7.11 Å². The fraction of sp³-hybridized carbons (Fsp3) is 0.150. The fourth-order valence-electron chi connectivity index (χ4n) is 2.72. The molecule has 0 radical (unpaired) electrons. The lowest BCUT2D eigenvalue weighted by Crippen LogP contribution is -2.20. The molecule has 29 heavy (non-hydrogen) atoms. The third kappa shape index (κ3) is 4.82. The summed E-state index contributed by atoms with van der Waals surface area (Å²) >= 11 is 1.45. The first-order valence-corrected chi connectivity index (χ1v) is 9.72. The van der Waals surface area contributed by atoms with Crippen LogP contribution in [0.25, 0.3) is 11.4 Å². The van der Waals surface area contributed by atoms with Crippen LogP contribution in [0.5, 0.6) is 5.75 Å². The zero-order valence-corrected chi connectivity index (χ0v) is 16.5. The predicted molar refractivity (Wildman–Crippen MR) is 110 cm³/mol. The molecular weight excluding hydrogens is 388 g/mol. The van der Waals surface area contributed by atoms with Crippen LogP contribution in [0, 0.1) is 0 Å². The summed E-state index contributed by atoms with van der Waals surface area (Å²) in [5.41, 5.74) is 1.97. The number of ether oxygens (including phenoxy) is 1. The summed E-state index contributed by atoms with van der Waals surface area (Å²) < 4.78 is 5.20. The van der Waals surface area contributed by atoms with E-state index in [-0.39, 0.29) is 12.5 Å². The number of nitrogens with one attached hydrogen (secondary N) is 1. The lowest BCUT2D eigenvalue weighted by molar-refractivity contribution is -0.117. The molecule has 4 rings (SSSR count). The second-order valence-corrected chi connectivity index (χ2v) is 7.33. The zero-order chi connectivity index (χ0) is 20.1. The number of hydrogen-bond donors (Lipinski definition) is 1. The van der Waals surface area contributed by atoms with E-state index in [1.165, 1.54) is 21.7 Å². The van der Waals surface area contributed by atoms with Crippen LogP contribution in [-0.4, -0.2) is 38.2 Å². The standard InChI is InChI=1S/C20H18N6O2S/c1-28-16-9-5-8-15(11-16)19-23-25-26(24-19)13-18(27)22-20-21-12-17(29-20)10-14-6-3-2-4-7-14/h2-9,11-12H,10,13H2,1H3,(H,21,22,27). The summed E-state index contributed by atoms with van der Waals surface area (Å²) in [6.07, 6.45) is 2.56. The quantitative estimate of drug-likeness (QED) is 0.507. The summed E-state index contributed by atoms with van der Waals surface area (Å²) in [4.78, 5) is 18.9. The molecule has 0 fully saturated rings. The molecule has 1 amide bonds. The van der Waals surface area contributed by atoms with Crippen molar-refractivity contribution in [3.8, 4) is 17.1 Å². The van der Waals surface area contributed by atoms with Crippen molar-refractivity contribution in [1.82, 2.24) is 25.2 Å². The number of tetrazole rings is 1. The SMILES string of the molecule is COc1cccc(-c2nnn(CC(=O)Nc3ncc(Cc4ccccc4)s3)n2)c1. The number of amides is 1. The van der Waals surface area contributed by atoms with Gasteiger partial charge in [0.1, 0.15) is 12.3 Å². The van der Waals surface area contributed by atoms with E-state index in [2.05, 4.69) is 37.8 Å². The monoisotopic (exact) mass is 406 g/mol. The van der Waals surface area contributed by atoms with Gasteiger partial charge in [0.2, 0.25) is 11.7 Å². The highest BCUT2D eigenvalue weighted by atomic mass is 32.1. The number of carbonyl (C=O) groups is 1. The Kier molecular flexibility index (Phi) is 5.57. The first-order valence-electron chi connectivity index (χ1n) is 8.90. The molecule has 4 aromatic rings. The number of hydrogen-bond acceptors (Lipinski definition) is 7. The Morgan fingerprint density at radius 1 is 1.17 bits per heavy atom. The molecule has 8 nitrogen and oxygen atoms in total. The van der Waals surface area contributed by atoms with Crippen LogP contribution >= 0.6 is 11.3 Å². The van der Waals surface area contributed by atoms with Gasteiger partial charge in [0, 0.05) is 23.1 Å². The van der Waals surface area contributed by atoms with Crippen LogP contribution < -0.4 is 10.1 Å². The highest BCUT2D eigenvalue weighted by Gasteiger charge is 2.12. The maximum Gasteiger partial charge on any atom is 0.249 e. The Morgan fingerprint density at radius 3 is 2.86 bits per heavy atom. The van der Waals surface area contributed by atoms with Crippen molar-refractivity contribution in [2.24, 2.45) is 0 Å². The molecule has 0 spiro atoms. The van der Waals surface area contributed by atoms with Crippen molar-refractivity contribution in [3.63, 3.8) is 0 Å². The molecule has 0 aliphatic heterocycles. The molecular formula is C20H18N6O2S. The molecule has 0 aliphatic carbocycles. The molecule has 1 N–H and O–H groups in total. The maximum atomic E-state index is 12.3. The van der Waals surface area contributed by atoms with Gasteiger partial charge in [-0.05, 0) is 22.9 Å². The number of carbonyl (C=O) groups excluding carboxylic acids is 1. The Morgan fingerprint density at radius 2 is 2.03 bits per heavy atom. The van der Waals surface area contributed by atoms with Gasteiger partial charge in [-0.15, -0.1) is 21.5 Å². The largest absolute Gasteiger partial charge is 0.497 e. The topological polar surface area (TPSA) is 94.8 Å². The van der Waals surface area contributed by atoms with Gasteiger partial charge in [-0.1, -0.05) is 42.5 Å². The first-order chi connectivity index (χ1) is 14.2. The van der Waals surface area contributed by atoms with Crippen molar-refractivity contribution >= 4 is 22.4 Å². The molecule has 2 aromatic carbocycles. The molecule has 0 atom stereocenters. The van der Waals surface area contributed by atoms with E-state index in [4.69, 9.17) is 4.74 Å². The molecule has 146 valence electrons. The summed E-state index contributed by atoms with van der Waals surface area (Å²) in [6.45, 7) is -0.0510. The molecule has 0 saturated carbocycles. The number of methoxy groups -OCH3 is 1. The third-order valence-electron chi connectivity index (χ3n) is 4.09. The third-order valence-corrected chi connectivity index (χ3v) is 5.00. The van der Waals surface area contributed by atoms with Crippen LogP contribution in [-0.2, 0) is 17.8 Å². The summed E-state index contributed by atoms with van der Waals surface area (Å²) in [5.74, 6) is 0.864. The van der Waals surface area contributed by atoms with Crippen molar-refractivity contribution in [3.05, 3.63) is 71.2 Å². The Balaban J connectivity index is 1.36. The molecule has 0 unspecified atom stereocenters. The Hall–Kier alpha value is -3.59. The molecule has 0 saturated heterocycles. The average molecular weight is 406 g/mol. The van der Waals surface area contributed by atoms with Gasteiger partial charge >= 0.3 is 0 Å². The van der Waals surface area contributed by atoms with Gasteiger partial charge in [-0.2, -0.15) is 4.80 Å². The van der Waals surface area contributed by atoms with Crippen LogP contribution in [0.1, 0.15) is 10.4 Å². The van der Waals surface area contributed by atoms with Crippen LogP contribution in [0.15, 0.2) is 60.8 Å². The van der Waals surface area contributed by atoms with E-state index < -0.39 is 0 Å². The second kappa shape index (κ2) is 8.61. The maximum absolute atomic E-state index is 12.3. The highest BCUT2D eigenvalue weighted by Crippen LogP contribution is 2.22. The second-order valence-electron chi connectivity index (χ2n) is 6.22. The number of nitrogens with zero attached hydrogens (tertiary/aromatic N) is 5. The van der Waals surface area contributed by atoms with E-state index in [9.17, 15) is 4.79 Å². The van der Waals surface area contributed by atoms with E-state index in [0.717, 1.165) is 16.9 Å². The molecule has 2 aromatic heterocycles. The van der Waals surface area contributed by atoms with E-state index >= 15 is 0 Å². The van der Waals surface area contributed by atoms with E-state index in [1.807, 2.05) is 42.5 Å². The first kappa shape index (κ1) is 18.8. The van der Waals surface area contributed by atoms with Gasteiger partial charge in [-0.3, -0.25) is 4.79 Å². The Labute approximate surface area is 171 Å². The summed E-state index contributed by atoms with van der Waals surface area (Å²) in [6, 6.07) is 17.5. The van der Waals surface area contributed by atoms with Crippen molar-refractivity contribution < 1.29 is 9.53 Å². The number of benzene rings is 2. The number of rotatable bonds is 7. The number of anilines is 1. The lowest BCUT2D eigenvalue weighted by Gasteiger charge is -2.01. The van der Waals surface area contributed by atoms with Crippen LogP contribution in [0.4, 0.5) is 5.13 Å². The van der Waals surface area contributed by atoms with Gasteiger partial charge < -0.3 is 10.1 Å². The Bertz CT molecular complexity index is 1110. The normalized spacial score (nSPS) is 10.7. The van der Waals surface area contributed by atoms with E-state index in [0.29, 0.717) is 16.7 Å². The molecule has 0 bridgehead atoms. The minimum absolute atomic E-state index is 0.0510. The molecule has 2 heterocycles. The minimum atomic E-state index is -0.264. The number of thiazole rings is 1. The van der Waals surface area contributed by atoms with Gasteiger partial charge in [-0.25, -0.2) is 4.98 Å². The van der Waals surface area contributed by atoms with Crippen molar-refractivity contribution in [1.29, 1.82) is 0 Å². The van der Waals surface area contributed by atoms with Gasteiger partial charge in [0.15, 0.2) is 5.13 Å². The molecule has 0 aliphatic rings. The fourth-order valence-corrected chi connectivity index (χ4v) is 3.58. The van der Waals surface area contributed by atoms with Gasteiger partial charge in [0.25, 0.3) is 0 Å². The smallest absolute Gasteiger partial charge is 0.249 e. The molecule has 9 heteroatoms. The lowest BCUT2D eigenvalue weighted by atomic mass is 10.1. The van der Waals surface area contributed by atoms with Crippen molar-refractivity contribution in [2.75, 3.05) is 12.4 Å². The van der Waals surface area contributed by atoms with Crippen molar-refractivity contribution in [2.45, 2.75) is 13.0 Å². The zero-order valence-electron chi connectivity index (χ0n) is 15.6. The summed E-state index contributed by atoms with van der Waals surface area (Å²) in [7, 11) is 1.59. The number of aromatic nitrogens is 5. The summed E-state index contributed by atoms with van der Waals surface area (Å²) in [5, 5.41) is 15.5. The van der Waals surface area contributed by atoms with Crippen LogP contribution in [0.3, 0.4) is 0 Å². The van der Waals surface area contributed by atoms with E-state index in [1.54, 1.807) is 13.3 Å².